The molecule has 3 aromatic rings. The minimum absolute atomic E-state index is 0.138. The Balaban J connectivity index is 1.61. The molecule has 5 heteroatoms. The van der Waals surface area contributed by atoms with Gasteiger partial charge in [-0.2, -0.15) is 11.8 Å². The van der Waals surface area contributed by atoms with Crippen molar-refractivity contribution in [1.29, 1.82) is 0 Å². The number of oxazole rings is 1. The molecule has 29 heavy (non-hydrogen) atoms. The number of rotatable bonds is 11. The molecule has 0 N–H and O–H groups in total. The molecule has 1 unspecified atom stereocenters. The minimum Gasteiger partial charge on any atom is -0.487 e. The molecule has 0 aliphatic rings. The lowest BCUT2D eigenvalue weighted by atomic mass is 10.1. The molecule has 0 fully saturated rings. The van der Waals surface area contributed by atoms with Crippen molar-refractivity contribution in [1.82, 2.24) is 4.98 Å². The third kappa shape index (κ3) is 6.12. The first-order valence-corrected chi connectivity index (χ1v) is 11.3. The van der Waals surface area contributed by atoms with Crippen molar-refractivity contribution in [2.45, 2.75) is 39.9 Å². The van der Waals surface area contributed by atoms with Crippen LogP contribution in [0, 0.1) is 6.92 Å². The Kier molecular flexibility index (Phi) is 8.20. The van der Waals surface area contributed by atoms with Gasteiger partial charge in [0.1, 0.15) is 23.8 Å². The van der Waals surface area contributed by atoms with E-state index in [1.807, 2.05) is 68.1 Å². The van der Waals surface area contributed by atoms with Crippen LogP contribution in [-0.2, 0) is 11.3 Å². The highest BCUT2D eigenvalue weighted by Crippen LogP contribution is 2.26. The lowest BCUT2D eigenvalue weighted by Gasteiger charge is -2.17. The van der Waals surface area contributed by atoms with E-state index in [1.54, 1.807) is 0 Å². The van der Waals surface area contributed by atoms with Gasteiger partial charge in [0.25, 0.3) is 0 Å². The van der Waals surface area contributed by atoms with E-state index in [0.29, 0.717) is 12.5 Å². The SMILES string of the molecule is CCOC(CCSCC)c1ccc(OCc2nc(-c3ccccc3)oc2C)cc1. The molecule has 2 aromatic carbocycles. The van der Waals surface area contributed by atoms with E-state index in [4.69, 9.17) is 13.9 Å². The lowest BCUT2D eigenvalue weighted by Crippen LogP contribution is -2.06. The summed E-state index contributed by atoms with van der Waals surface area (Å²) in [4.78, 5) is 4.59. The molecule has 1 atom stereocenters. The van der Waals surface area contributed by atoms with E-state index in [0.717, 1.165) is 47.3 Å². The van der Waals surface area contributed by atoms with Crippen LogP contribution < -0.4 is 4.74 Å². The van der Waals surface area contributed by atoms with Crippen LogP contribution in [0.1, 0.15) is 43.4 Å². The standard InChI is InChI=1S/C24H29NO3S/c1-4-26-23(15-16-29-5-2)19-11-13-21(14-12-19)27-17-22-18(3)28-24(25-22)20-9-7-6-8-10-20/h6-14,23H,4-5,15-17H2,1-3H3. The molecular weight excluding hydrogens is 382 g/mol. The number of hydrogen-bond donors (Lipinski definition) is 0. The van der Waals surface area contributed by atoms with Crippen LogP contribution in [0.25, 0.3) is 11.5 Å². The fourth-order valence-electron chi connectivity index (χ4n) is 3.08. The first-order valence-electron chi connectivity index (χ1n) is 10.1. The molecule has 154 valence electrons. The Hall–Kier alpha value is -2.24. The summed E-state index contributed by atoms with van der Waals surface area (Å²) in [6, 6.07) is 18.1. The Labute approximate surface area is 177 Å². The molecule has 0 radical (unpaired) electrons. The molecule has 1 heterocycles. The second-order valence-electron chi connectivity index (χ2n) is 6.68. The van der Waals surface area contributed by atoms with Crippen molar-refractivity contribution < 1.29 is 13.9 Å². The van der Waals surface area contributed by atoms with Gasteiger partial charge < -0.3 is 13.9 Å². The molecule has 0 saturated carbocycles. The number of thioether (sulfide) groups is 1. The van der Waals surface area contributed by atoms with Crippen LogP contribution in [0.4, 0.5) is 0 Å². The zero-order chi connectivity index (χ0) is 20.5. The van der Waals surface area contributed by atoms with Crippen molar-refractivity contribution in [3.8, 4) is 17.2 Å². The van der Waals surface area contributed by atoms with Crippen LogP contribution in [-0.4, -0.2) is 23.1 Å². The third-order valence-electron chi connectivity index (χ3n) is 4.64. The summed E-state index contributed by atoms with van der Waals surface area (Å²) in [6.45, 7) is 7.24. The van der Waals surface area contributed by atoms with Crippen molar-refractivity contribution in [3.63, 3.8) is 0 Å². The monoisotopic (exact) mass is 411 g/mol. The van der Waals surface area contributed by atoms with Gasteiger partial charge in [-0.25, -0.2) is 4.98 Å². The maximum atomic E-state index is 5.95. The average molecular weight is 412 g/mol. The van der Waals surface area contributed by atoms with Gasteiger partial charge in [-0.3, -0.25) is 0 Å². The van der Waals surface area contributed by atoms with Crippen molar-refractivity contribution in [2.24, 2.45) is 0 Å². The second kappa shape index (κ2) is 11.1. The highest BCUT2D eigenvalue weighted by molar-refractivity contribution is 7.99. The summed E-state index contributed by atoms with van der Waals surface area (Å²) >= 11 is 1.95. The maximum Gasteiger partial charge on any atom is 0.226 e. The zero-order valence-electron chi connectivity index (χ0n) is 17.4. The Bertz CT molecular complexity index is 862. The van der Waals surface area contributed by atoms with E-state index in [-0.39, 0.29) is 6.10 Å². The molecule has 3 rings (SSSR count). The molecule has 0 amide bonds. The fourth-order valence-corrected chi connectivity index (χ4v) is 3.75. The van der Waals surface area contributed by atoms with Crippen LogP contribution >= 0.6 is 11.8 Å². The van der Waals surface area contributed by atoms with Crippen LogP contribution in [0.2, 0.25) is 0 Å². The summed E-state index contributed by atoms with van der Waals surface area (Å²) in [5.41, 5.74) is 2.98. The molecule has 0 spiro atoms. The predicted molar refractivity (Wildman–Crippen MR) is 119 cm³/mol. The van der Waals surface area contributed by atoms with Gasteiger partial charge in [-0.15, -0.1) is 0 Å². The number of hydrogen-bond acceptors (Lipinski definition) is 5. The van der Waals surface area contributed by atoms with Crippen LogP contribution in [0.5, 0.6) is 5.75 Å². The summed E-state index contributed by atoms with van der Waals surface area (Å²) < 4.78 is 17.7. The van der Waals surface area contributed by atoms with E-state index in [9.17, 15) is 0 Å². The van der Waals surface area contributed by atoms with Gasteiger partial charge in [-0.05, 0) is 61.6 Å². The van der Waals surface area contributed by atoms with E-state index < -0.39 is 0 Å². The quantitative estimate of drug-likeness (QED) is 0.339. The van der Waals surface area contributed by atoms with Gasteiger partial charge in [-0.1, -0.05) is 37.3 Å². The minimum atomic E-state index is 0.138. The largest absolute Gasteiger partial charge is 0.487 e. The van der Waals surface area contributed by atoms with Gasteiger partial charge in [0.2, 0.25) is 5.89 Å². The summed E-state index contributed by atoms with van der Waals surface area (Å²) in [7, 11) is 0. The molecule has 4 nitrogen and oxygen atoms in total. The topological polar surface area (TPSA) is 44.5 Å². The molecule has 0 bridgehead atoms. The number of ether oxygens (including phenoxy) is 2. The first kappa shape index (κ1) is 21.5. The Morgan fingerprint density at radius 1 is 1.03 bits per heavy atom. The van der Waals surface area contributed by atoms with E-state index in [2.05, 4.69) is 24.0 Å². The summed E-state index contributed by atoms with van der Waals surface area (Å²) in [5, 5.41) is 0. The zero-order valence-corrected chi connectivity index (χ0v) is 18.2. The van der Waals surface area contributed by atoms with Gasteiger partial charge in [0, 0.05) is 12.2 Å². The van der Waals surface area contributed by atoms with E-state index in [1.165, 1.54) is 5.56 Å². The molecular formula is C24H29NO3S. The van der Waals surface area contributed by atoms with Crippen molar-refractivity contribution >= 4 is 11.8 Å². The normalized spacial score (nSPS) is 12.1. The lowest BCUT2D eigenvalue weighted by molar-refractivity contribution is 0.0606. The number of aromatic nitrogens is 1. The van der Waals surface area contributed by atoms with E-state index >= 15 is 0 Å². The Morgan fingerprint density at radius 3 is 2.48 bits per heavy atom. The van der Waals surface area contributed by atoms with Crippen molar-refractivity contribution in [2.75, 3.05) is 18.1 Å². The van der Waals surface area contributed by atoms with Gasteiger partial charge >= 0.3 is 0 Å². The van der Waals surface area contributed by atoms with Crippen molar-refractivity contribution in [3.05, 3.63) is 71.6 Å². The average Bonchev–Trinajstić information content (AvgIpc) is 3.13. The highest BCUT2D eigenvalue weighted by Gasteiger charge is 2.13. The summed E-state index contributed by atoms with van der Waals surface area (Å²) in [6.07, 6.45) is 1.16. The first-order chi connectivity index (χ1) is 14.2. The van der Waals surface area contributed by atoms with Gasteiger partial charge in [0.15, 0.2) is 0 Å². The predicted octanol–water partition coefficient (Wildman–Crippen LogP) is 6.45. The smallest absolute Gasteiger partial charge is 0.226 e. The second-order valence-corrected chi connectivity index (χ2v) is 8.07. The number of nitrogens with zero attached hydrogens (tertiary/aromatic N) is 1. The molecule has 0 aliphatic heterocycles. The van der Waals surface area contributed by atoms with Crippen LogP contribution in [0.3, 0.4) is 0 Å². The maximum absolute atomic E-state index is 5.95. The molecule has 1 aromatic heterocycles. The third-order valence-corrected chi connectivity index (χ3v) is 5.57. The van der Waals surface area contributed by atoms with Gasteiger partial charge in [0.05, 0.1) is 6.10 Å². The Morgan fingerprint density at radius 2 is 1.79 bits per heavy atom. The highest BCUT2D eigenvalue weighted by atomic mass is 32.2. The number of aryl methyl sites for hydroxylation is 1. The summed E-state index contributed by atoms with van der Waals surface area (Å²) in [5.74, 6) is 4.47. The molecule has 0 saturated heterocycles. The molecule has 0 aliphatic carbocycles. The van der Waals surface area contributed by atoms with Crippen LogP contribution in [0.15, 0.2) is 59.0 Å². The number of benzene rings is 2. The fraction of sp³-hybridized carbons (Fsp3) is 0.375.